The second-order valence-electron chi connectivity index (χ2n) is 5.99. The number of anilines is 1. The maximum Gasteiger partial charge on any atom is 0.251 e. The summed E-state index contributed by atoms with van der Waals surface area (Å²) in [7, 11) is 1.58. The number of thiazole rings is 1. The number of carbonyl (C=O) groups excluding carboxylic acids is 2. The lowest BCUT2D eigenvalue weighted by molar-refractivity contribution is -0.116. The smallest absolute Gasteiger partial charge is 0.251 e. The third-order valence-corrected chi connectivity index (χ3v) is 5.11. The number of nitrogens with zero attached hydrogens (tertiary/aromatic N) is 1. The van der Waals surface area contributed by atoms with Gasteiger partial charge in [-0.25, -0.2) is 4.98 Å². The molecule has 0 bridgehead atoms. The summed E-state index contributed by atoms with van der Waals surface area (Å²) in [4.78, 5) is 28.3. The molecule has 1 aromatic heterocycles. The first-order valence-corrected chi connectivity index (χ1v) is 9.44. The maximum absolute atomic E-state index is 12.1. The van der Waals surface area contributed by atoms with E-state index in [4.69, 9.17) is 0 Å². The van der Waals surface area contributed by atoms with Crippen LogP contribution in [0.1, 0.15) is 34.6 Å². The zero-order chi connectivity index (χ0) is 18.4. The first kappa shape index (κ1) is 18.1. The van der Waals surface area contributed by atoms with Gasteiger partial charge in [0.2, 0.25) is 5.91 Å². The van der Waals surface area contributed by atoms with Gasteiger partial charge in [0, 0.05) is 24.7 Å². The Morgan fingerprint density at radius 2 is 1.92 bits per heavy atom. The zero-order valence-corrected chi connectivity index (χ0v) is 15.4. The quantitative estimate of drug-likeness (QED) is 0.620. The van der Waals surface area contributed by atoms with Crippen molar-refractivity contribution in [2.75, 3.05) is 12.4 Å². The van der Waals surface area contributed by atoms with Crippen LogP contribution >= 0.6 is 11.3 Å². The number of fused-ring (bicyclic) bond motifs is 1. The van der Waals surface area contributed by atoms with Crippen LogP contribution in [0.25, 0.3) is 10.2 Å². The van der Waals surface area contributed by atoms with Gasteiger partial charge in [-0.3, -0.25) is 9.59 Å². The van der Waals surface area contributed by atoms with Crippen LogP contribution in [0.3, 0.4) is 0 Å². The summed E-state index contributed by atoms with van der Waals surface area (Å²) in [6, 6.07) is 15.1. The van der Waals surface area contributed by atoms with Crippen molar-refractivity contribution < 1.29 is 9.59 Å². The van der Waals surface area contributed by atoms with Crippen LogP contribution in [0.15, 0.2) is 48.5 Å². The molecule has 0 saturated carbocycles. The maximum atomic E-state index is 12.1. The Hall–Kier alpha value is -2.73. The molecule has 0 aliphatic carbocycles. The van der Waals surface area contributed by atoms with Crippen molar-refractivity contribution in [3.63, 3.8) is 0 Å². The third kappa shape index (κ3) is 4.67. The minimum Gasteiger partial charge on any atom is -0.355 e. The molecule has 0 atom stereocenters. The van der Waals surface area contributed by atoms with Crippen molar-refractivity contribution in [3.05, 3.63) is 59.1 Å². The number of nitrogens with one attached hydrogen (secondary N) is 2. The molecule has 3 rings (SSSR count). The summed E-state index contributed by atoms with van der Waals surface area (Å²) >= 11 is 1.72. The highest BCUT2D eigenvalue weighted by Crippen LogP contribution is 2.23. The van der Waals surface area contributed by atoms with Gasteiger partial charge in [0.15, 0.2) is 0 Å². The summed E-state index contributed by atoms with van der Waals surface area (Å²) in [5.41, 5.74) is 2.21. The van der Waals surface area contributed by atoms with E-state index >= 15 is 0 Å². The summed E-state index contributed by atoms with van der Waals surface area (Å²) in [5, 5.41) is 6.54. The number of benzene rings is 2. The van der Waals surface area contributed by atoms with Gasteiger partial charge in [0.05, 0.1) is 15.2 Å². The molecule has 2 aromatic carbocycles. The van der Waals surface area contributed by atoms with E-state index in [1.54, 1.807) is 42.6 Å². The van der Waals surface area contributed by atoms with Crippen molar-refractivity contribution in [1.82, 2.24) is 10.3 Å². The van der Waals surface area contributed by atoms with Gasteiger partial charge in [-0.1, -0.05) is 18.2 Å². The van der Waals surface area contributed by atoms with Crippen LogP contribution in [-0.4, -0.2) is 23.8 Å². The first-order chi connectivity index (χ1) is 12.7. The van der Waals surface area contributed by atoms with Crippen LogP contribution in [0, 0.1) is 0 Å². The fraction of sp³-hybridized carbons (Fsp3) is 0.250. The molecule has 5 nitrogen and oxygen atoms in total. The Balaban J connectivity index is 1.45. The van der Waals surface area contributed by atoms with Crippen molar-refractivity contribution in [3.8, 4) is 0 Å². The van der Waals surface area contributed by atoms with E-state index < -0.39 is 0 Å². The van der Waals surface area contributed by atoms with Gasteiger partial charge in [0.1, 0.15) is 0 Å². The molecule has 26 heavy (non-hydrogen) atoms. The standard InChI is InChI=1S/C20H21N3O2S/c1-21-20(25)14-7-6-8-15(13-14)22-18(24)11-4-5-12-19-23-16-9-2-3-10-17(16)26-19/h2-3,6-10,13H,4-5,11-12H2,1H3,(H,21,25)(H,22,24). The van der Waals surface area contributed by atoms with Crippen molar-refractivity contribution in [2.45, 2.75) is 25.7 Å². The zero-order valence-electron chi connectivity index (χ0n) is 14.6. The molecule has 134 valence electrons. The lowest BCUT2D eigenvalue weighted by Crippen LogP contribution is -2.18. The van der Waals surface area contributed by atoms with E-state index in [9.17, 15) is 9.59 Å². The number of hydrogen-bond donors (Lipinski definition) is 2. The topological polar surface area (TPSA) is 71.1 Å². The predicted molar refractivity (Wildman–Crippen MR) is 106 cm³/mol. The molecule has 0 saturated heterocycles. The largest absolute Gasteiger partial charge is 0.355 e. The Bertz CT molecular complexity index is 887. The lowest BCUT2D eigenvalue weighted by atomic mass is 10.1. The van der Waals surface area contributed by atoms with Gasteiger partial charge in [-0.2, -0.15) is 0 Å². The van der Waals surface area contributed by atoms with Crippen LogP contribution in [0.4, 0.5) is 5.69 Å². The van der Waals surface area contributed by atoms with Gasteiger partial charge >= 0.3 is 0 Å². The number of hydrogen-bond acceptors (Lipinski definition) is 4. The number of para-hydroxylation sites is 1. The SMILES string of the molecule is CNC(=O)c1cccc(NC(=O)CCCCc2nc3ccccc3s2)c1. The number of aryl methyl sites for hydroxylation is 1. The molecule has 0 aliphatic rings. The molecule has 2 amide bonds. The third-order valence-electron chi connectivity index (χ3n) is 4.02. The Morgan fingerprint density at radius 3 is 2.73 bits per heavy atom. The highest BCUT2D eigenvalue weighted by atomic mass is 32.1. The molecule has 0 aliphatic heterocycles. The Morgan fingerprint density at radius 1 is 1.08 bits per heavy atom. The minimum atomic E-state index is -0.170. The van der Waals surface area contributed by atoms with Gasteiger partial charge in [0.25, 0.3) is 5.91 Å². The van der Waals surface area contributed by atoms with E-state index in [2.05, 4.69) is 21.7 Å². The molecule has 0 radical (unpaired) electrons. The summed E-state index contributed by atoms with van der Waals surface area (Å²) in [6.07, 6.45) is 3.07. The number of aromatic nitrogens is 1. The lowest BCUT2D eigenvalue weighted by Gasteiger charge is -2.07. The average Bonchev–Trinajstić information content (AvgIpc) is 3.07. The second-order valence-corrected chi connectivity index (χ2v) is 7.11. The number of amides is 2. The molecule has 0 fully saturated rings. The first-order valence-electron chi connectivity index (χ1n) is 8.62. The van der Waals surface area contributed by atoms with Crippen LogP contribution < -0.4 is 10.6 Å². The fourth-order valence-electron chi connectivity index (χ4n) is 2.69. The molecule has 2 N–H and O–H groups in total. The molecule has 0 unspecified atom stereocenters. The Kier molecular flexibility index (Phi) is 5.96. The minimum absolute atomic E-state index is 0.0386. The van der Waals surface area contributed by atoms with Crippen LogP contribution in [0.2, 0.25) is 0 Å². The van der Waals surface area contributed by atoms with E-state index in [1.165, 1.54) is 4.70 Å². The molecular formula is C20H21N3O2S. The second kappa shape index (κ2) is 8.58. The average molecular weight is 367 g/mol. The van der Waals surface area contributed by atoms with Crippen molar-refractivity contribution in [2.24, 2.45) is 0 Å². The number of rotatable bonds is 7. The van der Waals surface area contributed by atoms with E-state index in [-0.39, 0.29) is 11.8 Å². The van der Waals surface area contributed by atoms with Crippen LogP contribution in [-0.2, 0) is 11.2 Å². The van der Waals surface area contributed by atoms with Crippen molar-refractivity contribution in [1.29, 1.82) is 0 Å². The highest BCUT2D eigenvalue weighted by molar-refractivity contribution is 7.18. The van der Waals surface area contributed by atoms with E-state index in [0.717, 1.165) is 29.8 Å². The molecule has 3 aromatic rings. The van der Waals surface area contributed by atoms with Crippen LogP contribution in [0.5, 0.6) is 0 Å². The molecule has 1 heterocycles. The molecule has 6 heteroatoms. The van der Waals surface area contributed by atoms with E-state index in [1.807, 2.05) is 18.2 Å². The van der Waals surface area contributed by atoms with E-state index in [0.29, 0.717) is 17.7 Å². The molecule has 0 spiro atoms. The highest BCUT2D eigenvalue weighted by Gasteiger charge is 2.07. The molecular weight excluding hydrogens is 346 g/mol. The number of unbranched alkanes of at least 4 members (excludes halogenated alkanes) is 1. The Labute approximate surface area is 156 Å². The number of carbonyl (C=O) groups is 2. The summed E-state index contributed by atoms with van der Waals surface area (Å²) in [5.74, 6) is -0.208. The van der Waals surface area contributed by atoms with Crippen molar-refractivity contribution >= 4 is 39.1 Å². The summed E-state index contributed by atoms with van der Waals surface area (Å²) in [6.45, 7) is 0. The predicted octanol–water partition coefficient (Wildman–Crippen LogP) is 4.01. The van der Waals surface area contributed by atoms with Gasteiger partial charge < -0.3 is 10.6 Å². The van der Waals surface area contributed by atoms with Gasteiger partial charge in [-0.05, 0) is 49.6 Å². The summed E-state index contributed by atoms with van der Waals surface area (Å²) < 4.78 is 1.20. The van der Waals surface area contributed by atoms with Gasteiger partial charge in [-0.15, -0.1) is 11.3 Å². The monoisotopic (exact) mass is 367 g/mol. The fourth-order valence-corrected chi connectivity index (χ4v) is 3.70. The normalized spacial score (nSPS) is 10.7.